The number of hydrogen-bond donors (Lipinski definition) is 1. The molecule has 1 N–H and O–H groups in total. The first-order valence-electron chi connectivity index (χ1n) is 7.37. The van der Waals surface area contributed by atoms with Crippen molar-refractivity contribution in [1.82, 2.24) is 14.9 Å². The van der Waals surface area contributed by atoms with Gasteiger partial charge in [0.05, 0.1) is 17.6 Å². The summed E-state index contributed by atoms with van der Waals surface area (Å²) in [5.74, 6) is 0.352. The Morgan fingerprint density at radius 3 is 2.48 bits per heavy atom. The molecule has 2 aromatic carbocycles. The van der Waals surface area contributed by atoms with Gasteiger partial charge in [0.2, 0.25) is 0 Å². The molecule has 0 spiro atoms. The van der Waals surface area contributed by atoms with Crippen LogP contribution in [0.15, 0.2) is 53.4 Å². The van der Waals surface area contributed by atoms with Gasteiger partial charge in [-0.1, -0.05) is 12.1 Å². The standard InChI is InChI=1S/C17H14F3N3OS/c1-23(10-15-21-13-4-2-3-5-14(13)22-15)16(24)11-6-8-12(9-7-11)25-17(18,19)20/h2-9H,10H2,1H3,(H,21,22). The molecule has 0 saturated carbocycles. The number of nitrogens with one attached hydrogen (secondary N) is 1. The van der Waals surface area contributed by atoms with E-state index in [0.29, 0.717) is 11.4 Å². The van der Waals surface area contributed by atoms with Crippen molar-refractivity contribution in [2.75, 3.05) is 7.05 Å². The molecule has 1 heterocycles. The number of thioether (sulfide) groups is 1. The molecular formula is C17H14F3N3OS. The van der Waals surface area contributed by atoms with Crippen molar-refractivity contribution in [1.29, 1.82) is 0 Å². The van der Waals surface area contributed by atoms with E-state index in [0.717, 1.165) is 11.0 Å². The molecule has 0 radical (unpaired) electrons. The fourth-order valence-electron chi connectivity index (χ4n) is 2.40. The number of para-hydroxylation sites is 2. The summed E-state index contributed by atoms with van der Waals surface area (Å²) >= 11 is -0.205. The van der Waals surface area contributed by atoms with Crippen LogP contribution in [0, 0.1) is 0 Å². The molecule has 3 rings (SSSR count). The molecule has 0 saturated heterocycles. The van der Waals surface area contributed by atoms with E-state index < -0.39 is 5.51 Å². The highest BCUT2D eigenvalue weighted by atomic mass is 32.2. The first kappa shape index (κ1) is 17.3. The number of benzene rings is 2. The minimum atomic E-state index is -4.34. The summed E-state index contributed by atoms with van der Waals surface area (Å²) in [6.45, 7) is 0.270. The lowest BCUT2D eigenvalue weighted by Crippen LogP contribution is -2.26. The summed E-state index contributed by atoms with van der Waals surface area (Å²) in [5, 5.41) is 0. The summed E-state index contributed by atoms with van der Waals surface area (Å²) in [6.07, 6.45) is 0. The van der Waals surface area contributed by atoms with Crippen molar-refractivity contribution in [2.24, 2.45) is 0 Å². The van der Waals surface area contributed by atoms with E-state index >= 15 is 0 Å². The van der Waals surface area contributed by atoms with Gasteiger partial charge in [0.1, 0.15) is 5.82 Å². The van der Waals surface area contributed by atoms with Gasteiger partial charge in [0, 0.05) is 17.5 Å². The number of aromatic amines is 1. The number of rotatable bonds is 4. The van der Waals surface area contributed by atoms with E-state index in [4.69, 9.17) is 0 Å². The molecule has 1 aromatic heterocycles. The van der Waals surface area contributed by atoms with Crippen LogP contribution in [0.25, 0.3) is 11.0 Å². The predicted molar refractivity (Wildman–Crippen MR) is 90.2 cm³/mol. The van der Waals surface area contributed by atoms with Crippen molar-refractivity contribution in [3.63, 3.8) is 0 Å². The van der Waals surface area contributed by atoms with E-state index in [-0.39, 0.29) is 29.1 Å². The highest BCUT2D eigenvalue weighted by Gasteiger charge is 2.29. The lowest BCUT2D eigenvalue weighted by atomic mass is 10.2. The lowest BCUT2D eigenvalue weighted by Gasteiger charge is -2.16. The Hall–Kier alpha value is -2.48. The number of aromatic nitrogens is 2. The maximum Gasteiger partial charge on any atom is 0.446 e. The molecule has 3 aromatic rings. The van der Waals surface area contributed by atoms with Crippen molar-refractivity contribution in [3.05, 3.63) is 59.9 Å². The zero-order valence-electron chi connectivity index (χ0n) is 13.2. The molecule has 0 aliphatic rings. The highest BCUT2D eigenvalue weighted by molar-refractivity contribution is 8.00. The SMILES string of the molecule is CN(Cc1nc2ccccc2[nH]1)C(=O)c1ccc(SC(F)(F)F)cc1. The Kier molecular flexibility index (Phi) is 4.71. The Balaban J connectivity index is 1.69. The second-order valence-electron chi connectivity index (χ2n) is 5.43. The zero-order chi connectivity index (χ0) is 18.0. The fourth-order valence-corrected chi connectivity index (χ4v) is 2.94. The molecule has 8 heteroatoms. The van der Waals surface area contributed by atoms with E-state index in [1.165, 1.54) is 29.2 Å². The first-order chi connectivity index (χ1) is 11.8. The topological polar surface area (TPSA) is 49.0 Å². The maximum atomic E-state index is 12.4. The summed E-state index contributed by atoms with van der Waals surface area (Å²) in [4.78, 5) is 21.5. The lowest BCUT2D eigenvalue weighted by molar-refractivity contribution is -0.0328. The molecule has 25 heavy (non-hydrogen) atoms. The number of nitrogens with zero attached hydrogens (tertiary/aromatic N) is 2. The number of hydrogen-bond acceptors (Lipinski definition) is 3. The quantitative estimate of drug-likeness (QED) is 0.695. The van der Waals surface area contributed by atoms with Crippen molar-refractivity contribution in [3.8, 4) is 0 Å². The average Bonchev–Trinajstić information content (AvgIpc) is 2.95. The molecule has 4 nitrogen and oxygen atoms in total. The highest BCUT2D eigenvalue weighted by Crippen LogP contribution is 2.36. The third kappa shape index (κ3) is 4.33. The molecule has 0 aliphatic heterocycles. The smallest absolute Gasteiger partial charge is 0.340 e. The third-order valence-electron chi connectivity index (χ3n) is 3.51. The van der Waals surface area contributed by atoms with Crippen LogP contribution in [0.3, 0.4) is 0 Å². The number of carbonyl (C=O) groups is 1. The van der Waals surface area contributed by atoms with Gasteiger partial charge in [-0.3, -0.25) is 4.79 Å². The van der Waals surface area contributed by atoms with Gasteiger partial charge in [0.25, 0.3) is 5.91 Å². The van der Waals surface area contributed by atoms with Crippen LogP contribution >= 0.6 is 11.8 Å². The first-order valence-corrected chi connectivity index (χ1v) is 8.18. The van der Waals surface area contributed by atoms with Gasteiger partial charge >= 0.3 is 5.51 Å². The second kappa shape index (κ2) is 6.79. The van der Waals surface area contributed by atoms with E-state index in [1.54, 1.807) is 7.05 Å². The Morgan fingerprint density at radius 2 is 1.84 bits per heavy atom. The number of imidazole rings is 1. The second-order valence-corrected chi connectivity index (χ2v) is 6.57. The minimum Gasteiger partial charge on any atom is -0.340 e. The van der Waals surface area contributed by atoms with Gasteiger partial charge in [-0.15, -0.1) is 0 Å². The van der Waals surface area contributed by atoms with E-state index in [9.17, 15) is 18.0 Å². The molecule has 0 aliphatic carbocycles. The van der Waals surface area contributed by atoms with Crippen molar-refractivity contribution >= 4 is 28.7 Å². The normalized spacial score (nSPS) is 11.7. The molecule has 130 valence electrons. The van der Waals surface area contributed by atoms with Crippen LogP contribution < -0.4 is 0 Å². The average molecular weight is 365 g/mol. The number of alkyl halides is 3. The number of halogens is 3. The Morgan fingerprint density at radius 1 is 1.16 bits per heavy atom. The van der Waals surface area contributed by atoms with E-state index in [1.807, 2.05) is 24.3 Å². The molecule has 0 fully saturated rings. The van der Waals surface area contributed by atoms with Crippen LogP contribution in [0.2, 0.25) is 0 Å². The van der Waals surface area contributed by atoms with E-state index in [2.05, 4.69) is 9.97 Å². The molecule has 0 bridgehead atoms. The summed E-state index contributed by atoms with van der Waals surface area (Å²) in [7, 11) is 1.62. The summed E-state index contributed by atoms with van der Waals surface area (Å²) < 4.78 is 37.0. The van der Waals surface area contributed by atoms with Crippen molar-refractivity contribution in [2.45, 2.75) is 16.9 Å². The van der Waals surface area contributed by atoms with Gasteiger partial charge in [-0.25, -0.2) is 4.98 Å². The van der Waals surface area contributed by atoms with Crippen LogP contribution in [-0.2, 0) is 6.54 Å². The third-order valence-corrected chi connectivity index (χ3v) is 4.25. The monoisotopic (exact) mass is 365 g/mol. The molecule has 1 amide bonds. The Bertz CT molecular complexity index is 857. The maximum absolute atomic E-state index is 12.4. The van der Waals surface area contributed by atoms with Gasteiger partial charge in [0.15, 0.2) is 0 Å². The minimum absolute atomic E-state index is 0.0454. The van der Waals surface area contributed by atoms with Gasteiger partial charge in [-0.05, 0) is 48.2 Å². The Labute approximate surface area is 146 Å². The molecule has 0 atom stereocenters. The number of fused-ring (bicyclic) bond motifs is 1. The fraction of sp³-hybridized carbons (Fsp3) is 0.176. The van der Waals surface area contributed by atoms with Crippen LogP contribution in [0.1, 0.15) is 16.2 Å². The van der Waals surface area contributed by atoms with Crippen LogP contribution in [0.5, 0.6) is 0 Å². The predicted octanol–water partition coefficient (Wildman–Crippen LogP) is 4.45. The number of H-pyrrole nitrogens is 1. The summed E-state index contributed by atoms with van der Waals surface area (Å²) in [5.41, 5.74) is -2.33. The van der Waals surface area contributed by atoms with Gasteiger partial charge < -0.3 is 9.88 Å². The summed E-state index contributed by atoms with van der Waals surface area (Å²) in [6, 6.07) is 12.9. The van der Waals surface area contributed by atoms with Crippen molar-refractivity contribution < 1.29 is 18.0 Å². The van der Waals surface area contributed by atoms with Crippen LogP contribution in [0.4, 0.5) is 13.2 Å². The van der Waals surface area contributed by atoms with Crippen LogP contribution in [-0.4, -0.2) is 33.3 Å². The van der Waals surface area contributed by atoms with Gasteiger partial charge in [-0.2, -0.15) is 13.2 Å². The molecule has 0 unspecified atom stereocenters. The number of amides is 1. The molecular weight excluding hydrogens is 351 g/mol. The largest absolute Gasteiger partial charge is 0.446 e. The number of carbonyl (C=O) groups excluding carboxylic acids is 1. The zero-order valence-corrected chi connectivity index (χ0v) is 14.0.